The molecule has 124 valence electrons. The van der Waals surface area contributed by atoms with E-state index < -0.39 is 10.0 Å². The van der Waals surface area contributed by atoms with Crippen LogP contribution in [0.2, 0.25) is 0 Å². The summed E-state index contributed by atoms with van der Waals surface area (Å²) in [5.41, 5.74) is 7.59. The van der Waals surface area contributed by atoms with Crippen LogP contribution in [0, 0.1) is 0 Å². The molecule has 23 heavy (non-hydrogen) atoms. The fraction of sp³-hybridized carbons (Fsp3) is 0.333. The molecule has 0 spiro atoms. The van der Waals surface area contributed by atoms with E-state index in [2.05, 4.69) is 0 Å². The van der Waals surface area contributed by atoms with Crippen LogP contribution in [0.15, 0.2) is 60.7 Å². The molecule has 2 aromatic carbocycles. The van der Waals surface area contributed by atoms with Gasteiger partial charge in [0.25, 0.3) is 0 Å². The Balaban J connectivity index is 2.06. The van der Waals surface area contributed by atoms with Gasteiger partial charge in [0, 0.05) is 13.1 Å². The summed E-state index contributed by atoms with van der Waals surface area (Å²) in [4.78, 5) is 0. The van der Waals surface area contributed by atoms with Crippen molar-refractivity contribution in [2.24, 2.45) is 5.73 Å². The summed E-state index contributed by atoms with van der Waals surface area (Å²) in [5, 5.41) is 0. The summed E-state index contributed by atoms with van der Waals surface area (Å²) in [6, 6.07) is 19.4. The van der Waals surface area contributed by atoms with Crippen LogP contribution in [0.4, 0.5) is 0 Å². The third kappa shape index (κ3) is 5.78. The molecule has 2 rings (SSSR count). The number of nitrogens with two attached hydrogens (primary N) is 1. The molecule has 0 radical (unpaired) electrons. The number of benzene rings is 2. The van der Waals surface area contributed by atoms with Gasteiger partial charge in [0.05, 0.1) is 5.75 Å². The molecule has 0 heterocycles. The second-order valence-electron chi connectivity index (χ2n) is 5.51. The summed E-state index contributed by atoms with van der Waals surface area (Å²) in [7, 11) is -3.31. The Morgan fingerprint density at radius 2 is 1.43 bits per heavy atom. The monoisotopic (exact) mass is 332 g/mol. The van der Waals surface area contributed by atoms with Crippen LogP contribution in [-0.2, 0) is 23.0 Å². The second kappa shape index (κ2) is 8.82. The highest BCUT2D eigenvalue weighted by Crippen LogP contribution is 2.12. The maximum atomic E-state index is 12.7. The van der Waals surface area contributed by atoms with Crippen LogP contribution in [0.1, 0.15) is 17.5 Å². The van der Waals surface area contributed by atoms with Crippen LogP contribution in [0.5, 0.6) is 0 Å². The Morgan fingerprint density at radius 1 is 0.870 bits per heavy atom. The number of hydrogen-bond acceptors (Lipinski definition) is 3. The van der Waals surface area contributed by atoms with E-state index >= 15 is 0 Å². The van der Waals surface area contributed by atoms with Gasteiger partial charge in [-0.2, -0.15) is 4.31 Å². The smallest absolute Gasteiger partial charge is 0.214 e. The lowest BCUT2D eigenvalue weighted by atomic mass is 10.2. The predicted molar refractivity (Wildman–Crippen MR) is 94.5 cm³/mol. The number of rotatable bonds is 9. The molecule has 0 fully saturated rings. The van der Waals surface area contributed by atoms with E-state index in [9.17, 15) is 8.42 Å². The van der Waals surface area contributed by atoms with E-state index in [0.717, 1.165) is 11.1 Å². The van der Waals surface area contributed by atoms with Gasteiger partial charge in [0.1, 0.15) is 0 Å². The molecule has 2 N–H and O–H groups in total. The van der Waals surface area contributed by atoms with Crippen molar-refractivity contribution in [1.29, 1.82) is 0 Å². The molecule has 0 saturated carbocycles. The van der Waals surface area contributed by atoms with E-state index in [1.807, 2.05) is 60.7 Å². The predicted octanol–water partition coefficient (Wildman–Crippen LogP) is 2.41. The van der Waals surface area contributed by atoms with E-state index in [-0.39, 0.29) is 5.75 Å². The van der Waals surface area contributed by atoms with Gasteiger partial charge in [-0.1, -0.05) is 60.7 Å². The Labute approximate surface area is 139 Å². The van der Waals surface area contributed by atoms with Crippen molar-refractivity contribution in [3.63, 3.8) is 0 Å². The Kier molecular flexibility index (Phi) is 6.77. The minimum Gasteiger partial charge on any atom is -0.330 e. The van der Waals surface area contributed by atoms with Crippen LogP contribution in [0.25, 0.3) is 0 Å². The highest BCUT2D eigenvalue weighted by Gasteiger charge is 2.21. The molecule has 0 aromatic heterocycles. The Morgan fingerprint density at radius 3 is 2.00 bits per heavy atom. The third-order valence-electron chi connectivity index (χ3n) is 3.70. The maximum Gasteiger partial charge on any atom is 0.214 e. The highest BCUT2D eigenvalue weighted by molar-refractivity contribution is 7.89. The minimum absolute atomic E-state index is 0.119. The van der Waals surface area contributed by atoms with Gasteiger partial charge in [-0.25, -0.2) is 8.42 Å². The first kappa shape index (κ1) is 17.7. The van der Waals surface area contributed by atoms with Crippen molar-refractivity contribution in [3.8, 4) is 0 Å². The van der Waals surface area contributed by atoms with Gasteiger partial charge in [-0.3, -0.25) is 0 Å². The molecular weight excluding hydrogens is 308 g/mol. The van der Waals surface area contributed by atoms with Crippen LogP contribution in [0.3, 0.4) is 0 Å². The number of aryl methyl sites for hydroxylation is 1. The number of nitrogens with zero attached hydrogens (tertiary/aromatic N) is 1. The van der Waals surface area contributed by atoms with Gasteiger partial charge in [0.2, 0.25) is 10.0 Å². The fourth-order valence-corrected chi connectivity index (χ4v) is 3.90. The average molecular weight is 332 g/mol. The van der Waals surface area contributed by atoms with Crippen molar-refractivity contribution in [3.05, 3.63) is 71.8 Å². The number of hydrogen-bond donors (Lipinski definition) is 1. The summed E-state index contributed by atoms with van der Waals surface area (Å²) in [6.07, 6.45) is 1.19. The van der Waals surface area contributed by atoms with Crippen molar-refractivity contribution in [1.82, 2.24) is 4.31 Å². The summed E-state index contributed by atoms with van der Waals surface area (Å²) in [6.45, 7) is 1.35. The van der Waals surface area contributed by atoms with Gasteiger partial charge < -0.3 is 5.73 Å². The first-order valence-corrected chi connectivity index (χ1v) is 9.48. The van der Waals surface area contributed by atoms with Gasteiger partial charge in [-0.05, 0) is 30.5 Å². The van der Waals surface area contributed by atoms with Crippen LogP contribution in [-0.4, -0.2) is 31.6 Å². The summed E-state index contributed by atoms with van der Waals surface area (Å²) < 4.78 is 27.0. The largest absolute Gasteiger partial charge is 0.330 e. The van der Waals surface area contributed by atoms with Crippen molar-refractivity contribution in [2.45, 2.75) is 19.4 Å². The third-order valence-corrected chi connectivity index (χ3v) is 5.52. The van der Waals surface area contributed by atoms with Crippen molar-refractivity contribution >= 4 is 10.0 Å². The van der Waals surface area contributed by atoms with Gasteiger partial charge in [-0.15, -0.1) is 0 Å². The maximum absolute atomic E-state index is 12.7. The first-order chi connectivity index (χ1) is 11.1. The standard InChI is InChI=1S/C18H24N2O2S/c19-13-7-14-20(16-18-10-5-2-6-11-18)23(21,22)15-12-17-8-3-1-4-9-17/h1-6,8-11H,7,12-16,19H2. The van der Waals surface area contributed by atoms with E-state index in [1.165, 1.54) is 0 Å². The summed E-state index contributed by atoms with van der Waals surface area (Å²) >= 11 is 0. The summed E-state index contributed by atoms with van der Waals surface area (Å²) in [5.74, 6) is 0.119. The lowest BCUT2D eigenvalue weighted by Crippen LogP contribution is -2.34. The zero-order valence-corrected chi connectivity index (χ0v) is 14.1. The molecule has 0 aliphatic heterocycles. The molecule has 2 aromatic rings. The van der Waals surface area contributed by atoms with Crippen molar-refractivity contribution in [2.75, 3.05) is 18.8 Å². The second-order valence-corrected chi connectivity index (χ2v) is 7.60. The van der Waals surface area contributed by atoms with Gasteiger partial charge >= 0.3 is 0 Å². The lowest BCUT2D eigenvalue weighted by Gasteiger charge is -2.22. The van der Waals surface area contributed by atoms with Crippen LogP contribution < -0.4 is 5.73 Å². The molecule has 0 amide bonds. The number of sulfonamides is 1. The fourth-order valence-electron chi connectivity index (χ4n) is 2.39. The van der Waals surface area contributed by atoms with Crippen LogP contribution >= 0.6 is 0 Å². The topological polar surface area (TPSA) is 63.4 Å². The molecule has 4 nitrogen and oxygen atoms in total. The zero-order chi connectivity index (χ0) is 16.5. The molecule has 0 unspecified atom stereocenters. The zero-order valence-electron chi connectivity index (χ0n) is 13.3. The van der Waals surface area contributed by atoms with E-state index in [1.54, 1.807) is 4.31 Å². The molecule has 0 atom stereocenters. The molecule has 5 heteroatoms. The lowest BCUT2D eigenvalue weighted by molar-refractivity contribution is 0.401. The SMILES string of the molecule is NCCCN(Cc1ccccc1)S(=O)(=O)CCc1ccccc1. The molecule has 0 saturated heterocycles. The Hall–Kier alpha value is -1.69. The highest BCUT2D eigenvalue weighted by atomic mass is 32.2. The molecule has 0 aliphatic carbocycles. The normalized spacial score (nSPS) is 11.7. The minimum atomic E-state index is -3.31. The van der Waals surface area contributed by atoms with E-state index in [4.69, 9.17) is 5.73 Å². The molecule has 0 bridgehead atoms. The average Bonchev–Trinajstić information content (AvgIpc) is 2.58. The molecular formula is C18H24N2O2S. The molecule has 0 aliphatic rings. The van der Waals surface area contributed by atoms with Crippen molar-refractivity contribution < 1.29 is 8.42 Å². The van der Waals surface area contributed by atoms with Gasteiger partial charge in [0.15, 0.2) is 0 Å². The van der Waals surface area contributed by atoms with E-state index in [0.29, 0.717) is 32.5 Å². The quantitative estimate of drug-likeness (QED) is 0.767. The first-order valence-electron chi connectivity index (χ1n) is 7.87. The Bertz CT molecular complexity index is 673.